The van der Waals surface area contributed by atoms with Gasteiger partial charge >= 0.3 is 27.8 Å². The highest BCUT2D eigenvalue weighted by atomic mass is 127. The van der Waals surface area contributed by atoms with Crippen LogP contribution in [-0.4, -0.2) is 27.9 Å². The van der Waals surface area contributed by atoms with Crippen molar-refractivity contribution in [3.8, 4) is 23.0 Å². The molecule has 0 saturated carbocycles. The van der Waals surface area contributed by atoms with E-state index >= 15 is 0 Å². The van der Waals surface area contributed by atoms with Gasteiger partial charge in [-0.2, -0.15) is 8.78 Å². The van der Waals surface area contributed by atoms with Gasteiger partial charge in [-0.05, 0) is 24.3 Å². The fourth-order valence-electron chi connectivity index (χ4n) is 1.84. The minimum absolute atomic E-state index is 0.140. The third-order valence-corrected chi connectivity index (χ3v) is 5.84. The van der Waals surface area contributed by atoms with Crippen molar-refractivity contribution in [3.05, 3.63) is 43.5 Å². The Labute approximate surface area is 143 Å². The minimum Gasteiger partial charge on any atom is -0.496 e. The molecule has 2 rings (SSSR count). The Hall–Kier alpha value is -1.77. The second-order valence-electron chi connectivity index (χ2n) is 4.27. The SMILES string of the molecule is COc1cc(OC)c([I+]c2ccc(OC(F)F)cc2)c(OC)c1. The summed E-state index contributed by atoms with van der Waals surface area (Å²) < 4.78 is 46.7. The van der Waals surface area contributed by atoms with Crippen molar-refractivity contribution in [1.29, 1.82) is 0 Å². The van der Waals surface area contributed by atoms with E-state index in [0.29, 0.717) is 17.2 Å². The fourth-order valence-corrected chi connectivity index (χ4v) is 4.47. The Morgan fingerprint density at radius 2 is 1.39 bits per heavy atom. The lowest BCUT2D eigenvalue weighted by molar-refractivity contribution is -0.598. The maximum atomic E-state index is 12.2. The molecule has 4 nitrogen and oxygen atoms in total. The molecule has 0 radical (unpaired) electrons. The lowest BCUT2D eigenvalue weighted by atomic mass is 10.3. The Morgan fingerprint density at radius 3 is 1.83 bits per heavy atom. The first-order chi connectivity index (χ1) is 11.1. The Kier molecular flexibility index (Phi) is 6.26. The van der Waals surface area contributed by atoms with Gasteiger partial charge in [0, 0.05) is 12.1 Å². The summed E-state index contributed by atoms with van der Waals surface area (Å²) >= 11 is -0.628. The molecule has 0 N–H and O–H groups in total. The zero-order chi connectivity index (χ0) is 16.8. The van der Waals surface area contributed by atoms with Crippen LogP contribution in [0.25, 0.3) is 0 Å². The highest BCUT2D eigenvalue weighted by Crippen LogP contribution is 2.27. The van der Waals surface area contributed by atoms with E-state index < -0.39 is 27.8 Å². The number of methoxy groups -OCH3 is 3. The number of halogens is 3. The van der Waals surface area contributed by atoms with Crippen LogP contribution in [0.15, 0.2) is 36.4 Å². The van der Waals surface area contributed by atoms with Crippen LogP contribution >= 0.6 is 0 Å². The van der Waals surface area contributed by atoms with Gasteiger partial charge in [0.1, 0.15) is 11.5 Å². The molecular weight excluding hydrogens is 421 g/mol. The molecule has 0 atom stereocenters. The average Bonchev–Trinajstić information content (AvgIpc) is 2.56. The van der Waals surface area contributed by atoms with Crippen LogP contribution in [-0.2, 0) is 0 Å². The summed E-state index contributed by atoms with van der Waals surface area (Å²) in [6, 6.07) is 10.2. The summed E-state index contributed by atoms with van der Waals surface area (Å²) in [4.78, 5) is 0. The van der Waals surface area contributed by atoms with E-state index in [2.05, 4.69) is 4.74 Å². The van der Waals surface area contributed by atoms with Gasteiger partial charge in [0.05, 0.1) is 21.3 Å². The van der Waals surface area contributed by atoms with Gasteiger partial charge in [-0.1, -0.05) is 0 Å². The minimum atomic E-state index is -2.82. The van der Waals surface area contributed by atoms with Crippen molar-refractivity contribution >= 4 is 0 Å². The molecule has 0 aliphatic carbocycles. The summed E-state index contributed by atoms with van der Waals surface area (Å²) in [7, 11) is 4.74. The number of benzene rings is 2. The molecule has 0 fully saturated rings. The number of alkyl halides is 2. The number of ether oxygens (including phenoxy) is 4. The van der Waals surface area contributed by atoms with Gasteiger partial charge in [-0.3, -0.25) is 0 Å². The Bertz CT molecular complexity index is 622. The van der Waals surface area contributed by atoms with Crippen molar-refractivity contribution < 1.29 is 48.9 Å². The van der Waals surface area contributed by atoms with Crippen LogP contribution in [0.1, 0.15) is 0 Å². The molecule has 7 heteroatoms. The Balaban J connectivity index is 2.28. The van der Waals surface area contributed by atoms with Crippen LogP contribution in [0.5, 0.6) is 23.0 Å². The summed E-state index contributed by atoms with van der Waals surface area (Å²) in [5.41, 5.74) is 0. The second kappa shape index (κ2) is 8.19. The van der Waals surface area contributed by atoms with E-state index in [1.807, 2.05) is 0 Å². The highest BCUT2D eigenvalue weighted by molar-refractivity contribution is 5.41. The molecule has 0 aliphatic rings. The number of hydrogen-bond acceptors (Lipinski definition) is 4. The lowest BCUT2D eigenvalue weighted by Gasteiger charge is -2.08. The monoisotopic (exact) mass is 437 g/mol. The van der Waals surface area contributed by atoms with E-state index in [4.69, 9.17) is 14.2 Å². The van der Waals surface area contributed by atoms with Crippen LogP contribution in [0.2, 0.25) is 0 Å². The molecular formula is C16H16F2IO4+. The van der Waals surface area contributed by atoms with Crippen LogP contribution in [0, 0.1) is 7.14 Å². The predicted octanol–water partition coefficient (Wildman–Crippen LogP) is 0.442. The van der Waals surface area contributed by atoms with E-state index in [0.717, 1.165) is 7.14 Å². The summed E-state index contributed by atoms with van der Waals surface area (Å²) in [5.74, 6) is 2.15. The lowest BCUT2D eigenvalue weighted by Crippen LogP contribution is -3.61. The van der Waals surface area contributed by atoms with Gasteiger partial charge in [0.2, 0.25) is 0 Å². The van der Waals surface area contributed by atoms with Crippen LogP contribution in [0.4, 0.5) is 8.78 Å². The second-order valence-corrected chi connectivity index (χ2v) is 7.14. The molecule has 2 aromatic rings. The predicted molar refractivity (Wildman–Crippen MR) is 76.6 cm³/mol. The normalized spacial score (nSPS) is 10.5. The Morgan fingerprint density at radius 1 is 0.826 bits per heavy atom. The standard InChI is InChI=1S/C16H16F2IO4/c1-20-12-8-13(21-2)15(14(9-12)22-3)19-10-4-6-11(7-5-10)23-16(17)18/h4-9,16H,1-3H3/q+1. The molecule has 23 heavy (non-hydrogen) atoms. The van der Waals surface area contributed by atoms with E-state index in [9.17, 15) is 8.78 Å². The van der Waals surface area contributed by atoms with Crippen LogP contribution < -0.4 is 40.2 Å². The molecule has 0 heterocycles. The molecule has 0 unspecified atom stereocenters. The molecule has 2 aromatic carbocycles. The zero-order valence-electron chi connectivity index (χ0n) is 12.8. The van der Waals surface area contributed by atoms with Crippen molar-refractivity contribution in [2.45, 2.75) is 6.61 Å². The van der Waals surface area contributed by atoms with Gasteiger partial charge in [0.25, 0.3) is 3.57 Å². The maximum absolute atomic E-state index is 12.2. The zero-order valence-corrected chi connectivity index (χ0v) is 15.0. The van der Waals surface area contributed by atoms with Crippen molar-refractivity contribution in [3.63, 3.8) is 0 Å². The van der Waals surface area contributed by atoms with E-state index in [1.165, 1.54) is 12.1 Å². The molecule has 0 amide bonds. The fraction of sp³-hybridized carbons (Fsp3) is 0.250. The topological polar surface area (TPSA) is 36.9 Å². The molecule has 0 saturated heterocycles. The van der Waals surface area contributed by atoms with Crippen LogP contribution in [0.3, 0.4) is 0 Å². The first-order valence-electron chi connectivity index (χ1n) is 6.57. The summed E-state index contributed by atoms with van der Waals surface area (Å²) in [5, 5.41) is 0. The number of hydrogen-bond donors (Lipinski definition) is 0. The smallest absolute Gasteiger partial charge is 0.387 e. The van der Waals surface area contributed by atoms with Crippen molar-refractivity contribution in [2.75, 3.05) is 21.3 Å². The van der Waals surface area contributed by atoms with Crippen molar-refractivity contribution in [1.82, 2.24) is 0 Å². The first kappa shape index (κ1) is 17.6. The summed E-state index contributed by atoms with van der Waals surface area (Å²) in [6.07, 6.45) is 0. The maximum Gasteiger partial charge on any atom is 0.387 e. The van der Waals surface area contributed by atoms with E-state index in [1.54, 1.807) is 45.6 Å². The molecule has 0 aromatic heterocycles. The molecule has 0 aliphatic heterocycles. The first-order valence-corrected chi connectivity index (χ1v) is 8.72. The van der Waals surface area contributed by atoms with Gasteiger partial charge < -0.3 is 18.9 Å². The third kappa shape index (κ3) is 4.60. The van der Waals surface area contributed by atoms with Gasteiger partial charge in [0.15, 0.2) is 15.1 Å². The third-order valence-electron chi connectivity index (χ3n) is 2.90. The van der Waals surface area contributed by atoms with Gasteiger partial charge in [-0.25, -0.2) is 0 Å². The molecule has 0 bridgehead atoms. The van der Waals surface area contributed by atoms with Gasteiger partial charge in [-0.15, -0.1) is 0 Å². The summed E-state index contributed by atoms with van der Waals surface area (Å²) in [6.45, 7) is -2.82. The number of rotatable bonds is 7. The molecule has 0 spiro atoms. The average molecular weight is 437 g/mol. The van der Waals surface area contributed by atoms with Crippen molar-refractivity contribution in [2.24, 2.45) is 0 Å². The largest absolute Gasteiger partial charge is 0.496 e. The quantitative estimate of drug-likeness (QED) is 0.590. The molecule has 124 valence electrons. The highest BCUT2D eigenvalue weighted by Gasteiger charge is 2.28. The van der Waals surface area contributed by atoms with E-state index in [-0.39, 0.29) is 5.75 Å².